The van der Waals surface area contributed by atoms with Crippen LogP contribution < -0.4 is 15.4 Å². The lowest BCUT2D eigenvalue weighted by Crippen LogP contribution is -2.32. The summed E-state index contributed by atoms with van der Waals surface area (Å²) in [5.41, 5.74) is 2.00. The number of rotatable bonds is 9. The summed E-state index contributed by atoms with van der Waals surface area (Å²) < 4.78 is 27.9. The smallest absolute Gasteiger partial charge is 0.240 e. The zero-order valence-electron chi connectivity index (χ0n) is 19.6. The van der Waals surface area contributed by atoms with Gasteiger partial charge < -0.3 is 10.6 Å². The first-order valence-electron chi connectivity index (χ1n) is 12.3. The van der Waals surface area contributed by atoms with Crippen molar-refractivity contribution in [3.63, 3.8) is 0 Å². The third kappa shape index (κ3) is 5.67. The summed E-state index contributed by atoms with van der Waals surface area (Å²) in [4.78, 5) is 9.81. The molecule has 2 aliphatic carbocycles. The van der Waals surface area contributed by atoms with Crippen molar-refractivity contribution in [2.75, 3.05) is 23.7 Å². The number of fused-ring (bicyclic) bond motifs is 1. The Balaban J connectivity index is 1.12. The number of para-hydroxylation sites is 1. The molecule has 0 spiro atoms. The molecule has 2 saturated carbocycles. The van der Waals surface area contributed by atoms with Crippen LogP contribution in [0.1, 0.15) is 44.1 Å². The highest BCUT2D eigenvalue weighted by atomic mass is 32.2. The van der Waals surface area contributed by atoms with Gasteiger partial charge in [0.05, 0.1) is 10.4 Å². The number of hydrogen-bond acceptors (Lipinski definition) is 6. The highest BCUT2D eigenvalue weighted by Gasteiger charge is 2.25. The van der Waals surface area contributed by atoms with Gasteiger partial charge in [-0.25, -0.2) is 18.1 Å². The minimum atomic E-state index is -3.45. The SMILES string of the molecule is Cc1ccc(S(=O)(=O)NCC2CCC(CNc3nc(NC4CC4)c4ccccc4n3)CC2)cc1. The lowest BCUT2D eigenvalue weighted by Gasteiger charge is -2.28. The molecule has 0 atom stereocenters. The average Bonchev–Trinajstić information content (AvgIpc) is 3.66. The zero-order valence-corrected chi connectivity index (χ0v) is 20.4. The highest BCUT2D eigenvalue weighted by molar-refractivity contribution is 7.89. The van der Waals surface area contributed by atoms with Crippen LogP contribution in [-0.2, 0) is 10.0 Å². The first-order valence-corrected chi connectivity index (χ1v) is 13.8. The Kier molecular flexibility index (Phi) is 6.70. The van der Waals surface area contributed by atoms with Crippen LogP contribution in [0.5, 0.6) is 0 Å². The molecule has 1 aromatic heterocycles. The molecule has 0 aliphatic heterocycles. The van der Waals surface area contributed by atoms with E-state index >= 15 is 0 Å². The van der Waals surface area contributed by atoms with E-state index in [9.17, 15) is 8.42 Å². The van der Waals surface area contributed by atoms with Gasteiger partial charge in [-0.1, -0.05) is 29.8 Å². The van der Waals surface area contributed by atoms with E-state index in [2.05, 4.69) is 21.4 Å². The monoisotopic (exact) mass is 479 g/mol. The van der Waals surface area contributed by atoms with Gasteiger partial charge in [-0.3, -0.25) is 0 Å². The molecule has 0 saturated heterocycles. The van der Waals surface area contributed by atoms with Crippen LogP contribution in [0.25, 0.3) is 10.9 Å². The number of aromatic nitrogens is 2. The van der Waals surface area contributed by atoms with Crippen molar-refractivity contribution in [2.45, 2.75) is 56.4 Å². The fourth-order valence-electron chi connectivity index (χ4n) is 4.59. The molecule has 8 heteroatoms. The minimum absolute atomic E-state index is 0.335. The molecule has 0 bridgehead atoms. The lowest BCUT2D eigenvalue weighted by molar-refractivity contribution is 0.284. The van der Waals surface area contributed by atoms with E-state index in [-0.39, 0.29) is 0 Å². The van der Waals surface area contributed by atoms with Crippen LogP contribution in [0.15, 0.2) is 53.4 Å². The van der Waals surface area contributed by atoms with Crippen molar-refractivity contribution in [3.05, 3.63) is 54.1 Å². The highest BCUT2D eigenvalue weighted by Crippen LogP contribution is 2.31. The molecule has 5 rings (SSSR count). The molecule has 0 amide bonds. The minimum Gasteiger partial charge on any atom is -0.367 e. The molecule has 3 aromatic rings. The normalized spacial score (nSPS) is 20.9. The predicted octanol–water partition coefficient (Wildman–Crippen LogP) is 4.71. The third-order valence-electron chi connectivity index (χ3n) is 6.93. The van der Waals surface area contributed by atoms with E-state index in [1.807, 2.05) is 37.3 Å². The molecule has 34 heavy (non-hydrogen) atoms. The van der Waals surface area contributed by atoms with Crippen LogP contribution >= 0.6 is 0 Å². The van der Waals surface area contributed by atoms with Gasteiger partial charge in [0.15, 0.2) is 0 Å². The first kappa shape index (κ1) is 23.1. The number of anilines is 2. The first-order chi connectivity index (χ1) is 16.5. The van der Waals surface area contributed by atoms with Crippen molar-refractivity contribution < 1.29 is 8.42 Å². The molecular formula is C26H33N5O2S. The molecule has 2 fully saturated rings. The summed E-state index contributed by atoms with van der Waals surface area (Å²) >= 11 is 0. The average molecular weight is 480 g/mol. The molecule has 2 aliphatic rings. The van der Waals surface area contributed by atoms with Crippen molar-refractivity contribution in [2.24, 2.45) is 11.8 Å². The fraction of sp³-hybridized carbons (Fsp3) is 0.462. The van der Waals surface area contributed by atoms with Crippen LogP contribution in [0.4, 0.5) is 11.8 Å². The second-order valence-corrected chi connectivity index (χ2v) is 11.5. The molecule has 0 unspecified atom stereocenters. The largest absolute Gasteiger partial charge is 0.367 e. The number of nitrogens with zero attached hydrogens (tertiary/aromatic N) is 2. The second-order valence-electron chi connectivity index (χ2n) is 9.76. The summed E-state index contributed by atoms with van der Waals surface area (Å²) in [6.45, 7) is 3.29. The van der Waals surface area contributed by atoms with Crippen LogP contribution in [-0.4, -0.2) is 37.5 Å². The molecule has 180 valence electrons. The van der Waals surface area contributed by atoms with E-state index < -0.39 is 10.0 Å². The molecular weight excluding hydrogens is 446 g/mol. The Morgan fingerprint density at radius 1 is 0.853 bits per heavy atom. The summed E-state index contributed by atoms with van der Waals surface area (Å²) in [7, 11) is -3.45. The summed E-state index contributed by atoms with van der Waals surface area (Å²) in [6.07, 6.45) is 6.60. The molecule has 1 heterocycles. The van der Waals surface area contributed by atoms with E-state index in [4.69, 9.17) is 9.97 Å². The van der Waals surface area contributed by atoms with Gasteiger partial charge in [-0.15, -0.1) is 0 Å². The second kappa shape index (κ2) is 9.88. The van der Waals surface area contributed by atoms with E-state index in [1.54, 1.807) is 12.1 Å². The van der Waals surface area contributed by atoms with E-state index in [0.717, 1.165) is 54.5 Å². The molecule has 7 nitrogen and oxygen atoms in total. The Morgan fingerprint density at radius 2 is 1.53 bits per heavy atom. The predicted molar refractivity (Wildman–Crippen MR) is 136 cm³/mol. The van der Waals surface area contributed by atoms with Gasteiger partial charge in [-0.2, -0.15) is 4.98 Å². The number of aryl methyl sites for hydroxylation is 1. The Morgan fingerprint density at radius 3 is 2.24 bits per heavy atom. The maximum absolute atomic E-state index is 12.6. The summed E-state index contributed by atoms with van der Waals surface area (Å²) in [5, 5.41) is 8.06. The molecule has 0 radical (unpaired) electrons. The molecule has 3 N–H and O–H groups in total. The maximum atomic E-state index is 12.6. The van der Waals surface area contributed by atoms with Crippen molar-refractivity contribution in [1.29, 1.82) is 0 Å². The number of sulfonamides is 1. The summed E-state index contributed by atoms with van der Waals surface area (Å²) in [6, 6.07) is 15.7. The van der Waals surface area contributed by atoms with Gasteiger partial charge in [0.25, 0.3) is 0 Å². The number of nitrogens with one attached hydrogen (secondary N) is 3. The summed E-state index contributed by atoms with van der Waals surface area (Å²) in [5.74, 6) is 2.51. The van der Waals surface area contributed by atoms with Crippen molar-refractivity contribution in [3.8, 4) is 0 Å². The Labute approximate surface area is 201 Å². The van der Waals surface area contributed by atoms with E-state index in [1.165, 1.54) is 12.8 Å². The van der Waals surface area contributed by atoms with Crippen LogP contribution in [0, 0.1) is 18.8 Å². The van der Waals surface area contributed by atoms with Gasteiger partial charge in [0.2, 0.25) is 16.0 Å². The molecule has 2 aromatic carbocycles. The van der Waals surface area contributed by atoms with Crippen LogP contribution in [0.3, 0.4) is 0 Å². The number of hydrogen-bond donors (Lipinski definition) is 3. The van der Waals surface area contributed by atoms with Gasteiger partial charge >= 0.3 is 0 Å². The van der Waals surface area contributed by atoms with Crippen LogP contribution in [0.2, 0.25) is 0 Å². The van der Waals surface area contributed by atoms with E-state index in [0.29, 0.717) is 35.3 Å². The van der Waals surface area contributed by atoms with Gasteiger partial charge in [0, 0.05) is 24.5 Å². The van der Waals surface area contributed by atoms with Crippen molar-refractivity contribution >= 4 is 32.7 Å². The van der Waals surface area contributed by atoms with Gasteiger partial charge in [-0.05, 0) is 81.5 Å². The lowest BCUT2D eigenvalue weighted by atomic mass is 9.82. The topological polar surface area (TPSA) is 96.0 Å². The standard InChI is InChI=1S/C26H33N5O2S/c1-18-6-14-22(15-7-18)34(32,33)28-17-20-10-8-19(9-11-20)16-27-26-30-24-5-3-2-4-23(24)25(31-26)29-21-12-13-21/h2-7,14-15,19-21,28H,8-13,16-17H2,1H3,(H2,27,29,30,31). The number of benzene rings is 2. The Bertz CT molecular complexity index is 1230. The zero-order chi connectivity index (χ0) is 23.5. The fourth-order valence-corrected chi connectivity index (χ4v) is 5.71. The quantitative estimate of drug-likeness (QED) is 0.411. The Hall–Kier alpha value is -2.71. The third-order valence-corrected chi connectivity index (χ3v) is 8.37. The van der Waals surface area contributed by atoms with Gasteiger partial charge in [0.1, 0.15) is 5.82 Å². The maximum Gasteiger partial charge on any atom is 0.240 e. The van der Waals surface area contributed by atoms with Crippen molar-refractivity contribution in [1.82, 2.24) is 14.7 Å².